The maximum Gasteiger partial charge on any atom is 0.337 e. The number of rotatable bonds is 4. The summed E-state index contributed by atoms with van der Waals surface area (Å²) in [5.41, 5.74) is 1.16. The van der Waals surface area contributed by atoms with Gasteiger partial charge in [-0.3, -0.25) is 9.88 Å². The smallest absolute Gasteiger partial charge is 0.337 e. The van der Waals surface area contributed by atoms with Gasteiger partial charge in [0.2, 0.25) is 0 Å². The van der Waals surface area contributed by atoms with E-state index in [0.29, 0.717) is 12.6 Å². The zero-order valence-electron chi connectivity index (χ0n) is 9.27. The van der Waals surface area contributed by atoms with Crippen molar-refractivity contribution in [2.24, 2.45) is 0 Å². The van der Waals surface area contributed by atoms with Gasteiger partial charge in [0.1, 0.15) is 0 Å². The number of aromatic carboxylic acids is 1. The van der Waals surface area contributed by atoms with E-state index in [2.05, 4.69) is 23.7 Å². The molecule has 0 aliphatic rings. The second-order valence-corrected chi connectivity index (χ2v) is 3.90. The minimum atomic E-state index is -0.934. The Morgan fingerprint density at radius 2 is 2.20 bits per heavy atom. The van der Waals surface area contributed by atoms with Gasteiger partial charge >= 0.3 is 5.97 Å². The molecule has 0 atom stereocenters. The third-order valence-corrected chi connectivity index (χ3v) is 2.36. The number of carbonyl (C=O) groups is 1. The van der Waals surface area contributed by atoms with Crippen molar-refractivity contribution in [2.75, 3.05) is 7.05 Å². The Morgan fingerprint density at radius 3 is 2.73 bits per heavy atom. The average molecular weight is 208 g/mol. The van der Waals surface area contributed by atoms with E-state index in [1.165, 1.54) is 6.20 Å². The van der Waals surface area contributed by atoms with Crippen LogP contribution >= 0.6 is 0 Å². The van der Waals surface area contributed by atoms with Gasteiger partial charge in [-0.2, -0.15) is 0 Å². The van der Waals surface area contributed by atoms with Crippen LogP contribution in [-0.2, 0) is 6.54 Å². The molecule has 0 amide bonds. The molecule has 0 aromatic carbocycles. The Morgan fingerprint density at radius 1 is 1.53 bits per heavy atom. The molecule has 1 aromatic rings. The first kappa shape index (κ1) is 11.7. The van der Waals surface area contributed by atoms with E-state index in [-0.39, 0.29) is 5.56 Å². The second kappa shape index (κ2) is 4.89. The molecule has 4 heteroatoms. The third kappa shape index (κ3) is 3.32. The Bertz CT molecular complexity index is 350. The molecule has 0 saturated heterocycles. The summed E-state index contributed by atoms with van der Waals surface area (Å²) in [5.74, 6) is -0.934. The lowest BCUT2D eigenvalue weighted by Crippen LogP contribution is -2.25. The summed E-state index contributed by atoms with van der Waals surface area (Å²) in [4.78, 5) is 16.8. The first-order valence-electron chi connectivity index (χ1n) is 4.88. The van der Waals surface area contributed by atoms with Crippen molar-refractivity contribution >= 4 is 5.97 Å². The van der Waals surface area contributed by atoms with Crippen LogP contribution in [0.2, 0.25) is 0 Å². The largest absolute Gasteiger partial charge is 0.478 e. The minimum Gasteiger partial charge on any atom is -0.478 e. The van der Waals surface area contributed by atoms with Crippen molar-refractivity contribution in [3.05, 3.63) is 29.6 Å². The lowest BCUT2D eigenvalue weighted by molar-refractivity contribution is 0.0696. The van der Waals surface area contributed by atoms with Crippen molar-refractivity contribution in [1.29, 1.82) is 0 Å². The van der Waals surface area contributed by atoms with Crippen molar-refractivity contribution in [3.63, 3.8) is 0 Å². The van der Waals surface area contributed by atoms with Gasteiger partial charge < -0.3 is 5.11 Å². The first-order chi connectivity index (χ1) is 7.00. The molecule has 0 saturated carbocycles. The standard InChI is InChI=1S/C11H16N2O2/c1-8(2)13(3)7-9-4-10(11(14)15)6-12-5-9/h4-6,8H,7H2,1-3H3,(H,14,15). The third-order valence-electron chi connectivity index (χ3n) is 2.36. The molecule has 82 valence electrons. The van der Waals surface area contributed by atoms with Crippen LogP contribution in [0.15, 0.2) is 18.5 Å². The van der Waals surface area contributed by atoms with Gasteiger partial charge in [0.05, 0.1) is 5.56 Å². The van der Waals surface area contributed by atoms with Crippen LogP contribution in [0.3, 0.4) is 0 Å². The van der Waals surface area contributed by atoms with Crippen molar-refractivity contribution in [1.82, 2.24) is 9.88 Å². The number of carboxylic acids is 1. The topological polar surface area (TPSA) is 53.4 Å². The summed E-state index contributed by atoms with van der Waals surface area (Å²) in [6.45, 7) is 4.90. The summed E-state index contributed by atoms with van der Waals surface area (Å²) in [6, 6.07) is 2.09. The predicted octanol–water partition coefficient (Wildman–Crippen LogP) is 1.62. The molecule has 4 nitrogen and oxygen atoms in total. The van der Waals surface area contributed by atoms with Crippen molar-refractivity contribution in [3.8, 4) is 0 Å². The van der Waals surface area contributed by atoms with Gasteiger partial charge in [-0.05, 0) is 32.5 Å². The average Bonchev–Trinajstić information content (AvgIpc) is 2.18. The van der Waals surface area contributed by atoms with Crippen LogP contribution in [-0.4, -0.2) is 34.0 Å². The summed E-state index contributed by atoms with van der Waals surface area (Å²) >= 11 is 0. The minimum absolute atomic E-state index is 0.240. The summed E-state index contributed by atoms with van der Waals surface area (Å²) in [5, 5.41) is 8.80. The van der Waals surface area contributed by atoms with Gasteiger partial charge in [0.15, 0.2) is 0 Å². The fourth-order valence-corrected chi connectivity index (χ4v) is 1.16. The molecule has 1 rings (SSSR count). The molecule has 0 aliphatic carbocycles. The SMILES string of the molecule is CC(C)N(C)Cc1cncc(C(=O)O)c1. The first-order valence-corrected chi connectivity index (χ1v) is 4.88. The Labute approximate surface area is 89.6 Å². The summed E-state index contributed by atoms with van der Waals surface area (Å²) in [7, 11) is 2.00. The maximum atomic E-state index is 10.7. The van der Waals surface area contributed by atoms with E-state index in [0.717, 1.165) is 5.56 Å². The molecule has 0 aliphatic heterocycles. The van der Waals surface area contributed by atoms with E-state index in [9.17, 15) is 4.79 Å². The summed E-state index contributed by atoms with van der Waals surface area (Å²) in [6.07, 6.45) is 3.06. The van der Waals surface area contributed by atoms with Gasteiger partial charge in [-0.15, -0.1) is 0 Å². The van der Waals surface area contributed by atoms with Crippen LogP contribution in [0, 0.1) is 0 Å². The number of hydrogen-bond acceptors (Lipinski definition) is 3. The maximum absolute atomic E-state index is 10.7. The number of hydrogen-bond donors (Lipinski definition) is 1. The van der Waals surface area contributed by atoms with Crippen LogP contribution in [0.5, 0.6) is 0 Å². The van der Waals surface area contributed by atoms with Gasteiger partial charge in [0.25, 0.3) is 0 Å². The normalized spacial score (nSPS) is 11.0. The van der Waals surface area contributed by atoms with Crippen molar-refractivity contribution in [2.45, 2.75) is 26.4 Å². The fraction of sp³-hybridized carbons (Fsp3) is 0.455. The molecule has 1 N–H and O–H groups in total. The van der Waals surface area contributed by atoms with Gasteiger partial charge in [-0.25, -0.2) is 4.79 Å². The molecule has 0 bridgehead atoms. The molecule has 1 aromatic heterocycles. The quantitative estimate of drug-likeness (QED) is 0.817. The Hall–Kier alpha value is -1.42. The zero-order valence-corrected chi connectivity index (χ0v) is 9.27. The highest BCUT2D eigenvalue weighted by molar-refractivity contribution is 5.87. The molecule has 15 heavy (non-hydrogen) atoms. The van der Waals surface area contributed by atoms with E-state index in [1.54, 1.807) is 12.3 Å². The molecule has 0 unspecified atom stereocenters. The Kier molecular flexibility index (Phi) is 3.80. The predicted molar refractivity (Wildman–Crippen MR) is 57.8 cm³/mol. The molecule has 0 fully saturated rings. The molecular weight excluding hydrogens is 192 g/mol. The van der Waals surface area contributed by atoms with Crippen LogP contribution < -0.4 is 0 Å². The molecule has 1 heterocycles. The highest BCUT2D eigenvalue weighted by Gasteiger charge is 2.07. The fourth-order valence-electron chi connectivity index (χ4n) is 1.16. The lowest BCUT2D eigenvalue weighted by atomic mass is 10.2. The monoisotopic (exact) mass is 208 g/mol. The second-order valence-electron chi connectivity index (χ2n) is 3.90. The zero-order chi connectivity index (χ0) is 11.4. The summed E-state index contributed by atoms with van der Waals surface area (Å²) < 4.78 is 0. The number of aromatic nitrogens is 1. The number of nitrogens with zero attached hydrogens (tertiary/aromatic N) is 2. The highest BCUT2D eigenvalue weighted by atomic mass is 16.4. The van der Waals surface area contributed by atoms with Crippen LogP contribution in [0.25, 0.3) is 0 Å². The molecular formula is C11H16N2O2. The van der Waals surface area contributed by atoms with Crippen LogP contribution in [0.1, 0.15) is 29.8 Å². The van der Waals surface area contributed by atoms with Gasteiger partial charge in [0, 0.05) is 25.0 Å². The number of carboxylic acid groups (broad SMARTS) is 1. The highest BCUT2D eigenvalue weighted by Crippen LogP contribution is 2.07. The van der Waals surface area contributed by atoms with E-state index in [1.807, 2.05) is 7.05 Å². The van der Waals surface area contributed by atoms with E-state index >= 15 is 0 Å². The van der Waals surface area contributed by atoms with Crippen molar-refractivity contribution < 1.29 is 9.90 Å². The van der Waals surface area contributed by atoms with E-state index < -0.39 is 5.97 Å². The molecule has 0 radical (unpaired) electrons. The van der Waals surface area contributed by atoms with E-state index in [4.69, 9.17) is 5.11 Å². The number of pyridine rings is 1. The Balaban J connectivity index is 2.78. The van der Waals surface area contributed by atoms with Gasteiger partial charge in [-0.1, -0.05) is 0 Å². The lowest BCUT2D eigenvalue weighted by Gasteiger charge is -2.20. The molecule has 0 spiro atoms. The van der Waals surface area contributed by atoms with Crippen LogP contribution in [0.4, 0.5) is 0 Å².